The molecule has 0 fully saturated rings. The first-order valence-electron chi connectivity index (χ1n) is 7.71. The summed E-state index contributed by atoms with van der Waals surface area (Å²) in [6.07, 6.45) is 7.27. The van der Waals surface area contributed by atoms with Gasteiger partial charge in [-0.15, -0.1) is 0 Å². The van der Waals surface area contributed by atoms with E-state index in [0.29, 0.717) is 5.56 Å². The second kappa shape index (κ2) is 5.45. The van der Waals surface area contributed by atoms with Gasteiger partial charge in [-0.1, -0.05) is 18.2 Å². The Morgan fingerprint density at radius 1 is 1.12 bits per heavy atom. The number of hydrogen-bond acceptors (Lipinski definition) is 3. The molecule has 24 heavy (non-hydrogen) atoms. The summed E-state index contributed by atoms with van der Waals surface area (Å²) in [6, 6.07) is 10.6. The third-order valence-corrected chi connectivity index (χ3v) is 4.38. The van der Waals surface area contributed by atoms with E-state index in [9.17, 15) is 10.2 Å². The molecule has 5 heteroatoms. The van der Waals surface area contributed by atoms with Crippen molar-refractivity contribution in [3.8, 4) is 11.5 Å². The Hall–Kier alpha value is -3.21. The van der Waals surface area contributed by atoms with Crippen molar-refractivity contribution in [3.05, 3.63) is 78.0 Å². The molecule has 2 aromatic carbocycles. The SMILES string of the molecule is Cc1cccc2c(C(c3ccc(O)cc3O)n3ccnc3)c[nH]c12. The van der Waals surface area contributed by atoms with E-state index < -0.39 is 0 Å². The highest BCUT2D eigenvalue weighted by Crippen LogP contribution is 2.38. The number of phenolic OH excluding ortho intramolecular Hbond substituents is 2. The molecule has 0 saturated heterocycles. The number of aryl methyl sites for hydroxylation is 1. The Bertz CT molecular complexity index is 1000. The largest absolute Gasteiger partial charge is 0.508 e. The summed E-state index contributed by atoms with van der Waals surface area (Å²) < 4.78 is 1.94. The minimum atomic E-state index is -0.247. The molecule has 0 amide bonds. The van der Waals surface area contributed by atoms with Gasteiger partial charge in [0.05, 0.1) is 12.4 Å². The van der Waals surface area contributed by atoms with Crippen LogP contribution in [0.3, 0.4) is 0 Å². The Labute approximate surface area is 138 Å². The van der Waals surface area contributed by atoms with Gasteiger partial charge in [-0.2, -0.15) is 0 Å². The molecule has 5 nitrogen and oxygen atoms in total. The minimum absolute atomic E-state index is 0.0374. The zero-order chi connectivity index (χ0) is 16.7. The Morgan fingerprint density at radius 2 is 2.00 bits per heavy atom. The van der Waals surface area contributed by atoms with Crippen LogP contribution < -0.4 is 0 Å². The number of imidazole rings is 1. The molecule has 0 bridgehead atoms. The summed E-state index contributed by atoms with van der Waals surface area (Å²) in [5.41, 5.74) is 3.98. The highest BCUT2D eigenvalue weighted by molar-refractivity contribution is 5.87. The molecule has 0 aliphatic heterocycles. The Balaban J connectivity index is 1.98. The van der Waals surface area contributed by atoms with Crippen molar-refractivity contribution in [2.24, 2.45) is 0 Å². The second-order valence-electron chi connectivity index (χ2n) is 5.90. The predicted octanol–water partition coefficient (Wildman–Crippen LogP) is 3.72. The predicted molar refractivity (Wildman–Crippen MR) is 92.3 cm³/mol. The second-order valence-corrected chi connectivity index (χ2v) is 5.90. The molecule has 1 atom stereocenters. The van der Waals surface area contributed by atoms with Crippen molar-refractivity contribution in [3.63, 3.8) is 0 Å². The Morgan fingerprint density at radius 3 is 2.75 bits per heavy atom. The fraction of sp³-hybridized carbons (Fsp3) is 0.105. The molecule has 0 radical (unpaired) electrons. The van der Waals surface area contributed by atoms with Gasteiger partial charge < -0.3 is 19.8 Å². The highest BCUT2D eigenvalue weighted by Gasteiger charge is 2.23. The van der Waals surface area contributed by atoms with Crippen LogP contribution in [0, 0.1) is 6.92 Å². The third-order valence-electron chi connectivity index (χ3n) is 4.38. The van der Waals surface area contributed by atoms with Crippen molar-refractivity contribution in [2.45, 2.75) is 13.0 Å². The smallest absolute Gasteiger partial charge is 0.124 e. The quantitative estimate of drug-likeness (QED) is 0.539. The number of para-hydroxylation sites is 1. The van der Waals surface area contributed by atoms with E-state index in [1.807, 2.05) is 23.0 Å². The van der Waals surface area contributed by atoms with E-state index in [1.165, 1.54) is 6.07 Å². The van der Waals surface area contributed by atoms with E-state index >= 15 is 0 Å². The van der Waals surface area contributed by atoms with Gasteiger partial charge in [0.1, 0.15) is 11.5 Å². The lowest BCUT2D eigenvalue weighted by atomic mass is 9.96. The number of fused-ring (bicyclic) bond motifs is 1. The number of benzene rings is 2. The van der Waals surface area contributed by atoms with Crippen LogP contribution in [0.25, 0.3) is 10.9 Å². The van der Waals surface area contributed by atoms with Gasteiger partial charge >= 0.3 is 0 Å². The van der Waals surface area contributed by atoms with E-state index in [0.717, 1.165) is 22.0 Å². The molecule has 0 saturated carbocycles. The molecule has 4 rings (SSSR count). The van der Waals surface area contributed by atoms with E-state index in [2.05, 4.69) is 29.0 Å². The van der Waals surface area contributed by atoms with Crippen molar-refractivity contribution >= 4 is 10.9 Å². The number of rotatable bonds is 3. The first-order valence-corrected chi connectivity index (χ1v) is 7.71. The maximum absolute atomic E-state index is 10.4. The number of nitrogens with one attached hydrogen (secondary N) is 1. The van der Waals surface area contributed by atoms with Crippen LogP contribution in [0.1, 0.15) is 22.7 Å². The molecule has 0 spiro atoms. The summed E-state index contributed by atoms with van der Waals surface area (Å²) >= 11 is 0. The molecule has 0 aliphatic rings. The summed E-state index contributed by atoms with van der Waals surface area (Å²) in [5, 5.41) is 21.1. The number of aromatic hydroxyl groups is 2. The summed E-state index contributed by atoms with van der Waals surface area (Å²) in [7, 11) is 0. The van der Waals surface area contributed by atoms with Crippen molar-refractivity contribution < 1.29 is 10.2 Å². The van der Waals surface area contributed by atoms with Gasteiger partial charge in [0.25, 0.3) is 0 Å². The molecule has 4 aromatic rings. The number of hydrogen-bond donors (Lipinski definition) is 3. The number of aromatic nitrogens is 3. The molecule has 2 heterocycles. The van der Waals surface area contributed by atoms with Crippen LogP contribution in [0.4, 0.5) is 0 Å². The van der Waals surface area contributed by atoms with Crippen molar-refractivity contribution in [2.75, 3.05) is 0 Å². The normalized spacial score (nSPS) is 12.5. The molecule has 1 unspecified atom stereocenters. The molecular formula is C19H17N3O2. The van der Waals surface area contributed by atoms with Gasteiger partial charge in [-0.25, -0.2) is 4.98 Å². The molecular weight excluding hydrogens is 302 g/mol. The lowest BCUT2D eigenvalue weighted by molar-refractivity contribution is 0.441. The maximum Gasteiger partial charge on any atom is 0.124 e. The van der Waals surface area contributed by atoms with Crippen LogP contribution in [0.2, 0.25) is 0 Å². The fourth-order valence-electron chi connectivity index (χ4n) is 3.23. The van der Waals surface area contributed by atoms with E-state index in [4.69, 9.17) is 0 Å². The third kappa shape index (κ3) is 2.22. The van der Waals surface area contributed by atoms with Gasteiger partial charge in [-0.05, 0) is 24.6 Å². The monoisotopic (exact) mass is 319 g/mol. The molecule has 3 N–H and O–H groups in total. The fourth-order valence-corrected chi connectivity index (χ4v) is 3.23. The lowest BCUT2D eigenvalue weighted by Crippen LogP contribution is -2.10. The van der Waals surface area contributed by atoms with Crippen LogP contribution in [-0.2, 0) is 0 Å². The number of nitrogens with zero attached hydrogens (tertiary/aromatic N) is 2. The van der Waals surface area contributed by atoms with Crippen LogP contribution in [-0.4, -0.2) is 24.7 Å². The summed E-state index contributed by atoms with van der Waals surface area (Å²) in [4.78, 5) is 7.48. The van der Waals surface area contributed by atoms with Crippen LogP contribution >= 0.6 is 0 Å². The highest BCUT2D eigenvalue weighted by atomic mass is 16.3. The maximum atomic E-state index is 10.4. The standard InChI is InChI=1S/C19H17N3O2/c1-12-3-2-4-14-16(10-21-18(12)14)19(22-8-7-20-11-22)15-6-5-13(23)9-17(15)24/h2-11,19,21,23-24H,1H3. The topological polar surface area (TPSA) is 74.1 Å². The van der Waals surface area contributed by atoms with Gasteiger partial charge in [0, 0.05) is 46.7 Å². The average molecular weight is 319 g/mol. The van der Waals surface area contributed by atoms with Crippen molar-refractivity contribution in [1.82, 2.24) is 14.5 Å². The summed E-state index contributed by atoms with van der Waals surface area (Å²) in [5.74, 6) is 0.0890. The molecule has 120 valence electrons. The van der Waals surface area contributed by atoms with Crippen LogP contribution in [0.5, 0.6) is 11.5 Å². The summed E-state index contributed by atoms with van der Waals surface area (Å²) in [6.45, 7) is 2.06. The Kier molecular flexibility index (Phi) is 3.27. The van der Waals surface area contributed by atoms with E-state index in [1.54, 1.807) is 24.7 Å². The van der Waals surface area contributed by atoms with Crippen molar-refractivity contribution in [1.29, 1.82) is 0 Å². The zero-order valence-corrected chi connectivity index (χ0v) is 13.1. The van der Waals surface area contributed by atoms with Gasteiger partial charge in [0.2, 0.25) is 0 Å². The van der Waals surface area contributed by atoms with E-state index in [-0.39, 0.29) is 17.5 Å². The van der Waals surface area contributed by atoms with Crippen LogP contribution in [0.15, 0.2) is 61.3 Å². The first-order chi connectivity index (χ1) is 11.6. The molecule has 0 aliphatic carbocycles. The lowest BCUT2D eigenvalue weighted by Gasteiger charge is -2.20. The number of aromatic amines is 1. The van der Waals surface area contributed by atoms with Gasteiger partial charge in [-0.3, -0.25) is 0 Å². The number of H-pyrrole nitrogens is 1. The molecule has 2 aromatic heterocycles. The minimum Gasteiger partial charge on any atom is -0.508 e. The first kappa shape index (κ1) is 14.4. The average Bonchev–Trinajstić information content (AvgIpc) is 3.21. The number of phenols is 2. The zero-order valence-electron chi connectivity index (χ0n) is 13.1. The van der Waals surface area contributed by atoms with Gasteiger partial charge in [0.15, 0.2) is 0 Å².